The maximum absolute atomic E-state index is 13.9. The van der Waals surface area contributed by atoms with Crippen LogP contribution in [-0.4, -0.2) is 54.6 Å². The number of likely N-dealkylation sites (N-methyl/N-ethyl adjacent to an activating group) is 1. The van der Waals surface area contributed by atoms with Gasteiger partial charge in [0.15, 0.2) is 0 Å². The van der Waals surface area contributed by atoms with Gasteiger partial charge in [0, 0.05) is 47.9 Å². The fourth-order valence-corrected chi connectivity index (χ4v) is 4.48. The highest BCUT2D eigenvalue weighted by atomic mass is 35.5. The van der Waals surface area contributed by atoms with E-state index in [9.17, 15) is 22.8 Å². The van der Waals surface area contributed by atoms with Crippen LogP contribution in [0.5, 0.6) is 0 Å². The van der Waals surface area contributed by atoms with Crippen LogP contribution in [-0.2, 0) is 11.2 Å². The number of carbonyl (C=O) groups is 2. The summed E-state index contributed by atoms with van der Waals surface area (Å²) in [7, 11) is 3.67. The van der Waals surface area contributed by atoms with Crippen LogP contribution in [0.2, 0.25) is 5.02 Å². The van der Waals surface area contributed by atoms with E-state index < -0.39 is 29.3 Å². The van der Waals surface area contributed by atoms with Crippen LogP contribution in [0.3, 0.4) is 0 Å². The smallest absolute Gasteiger partial charge is 0.366 e. The molecule has 1 unspecified atom stereocenters. The van der Waals surface area contributed by atoms with Crippen molar-refractivity contribution in [2.75, 3.05) is 20.6 Å². The van der Waals surface area contributed by atoms with E-state index in [0.29, 0.717) is 22.6 Å². The van der Waals surface area contributed by atoms with E-state index >= 15 is 0 Å². The normalized spacial score (nSPS) is 16.7. The van der Waals surface area contributed by atoms with Crippen molar-refractivity contribution in [3.05, 3.63) is 64.4 Å². The van der Waals surface area contributed by atoms with Gasteiger partial charge in [0.2, 0.25) is 11.8 Å². The number of hydrogen-bond donors (Lipinski definition) is 2. The molecule has 10 heteroatoms. The summed E-state index contributed by atoms with van der Waals surface area (Å²) >= 11 is 6.30. The highest BCUT2D eigenvalue weighted by molar-refractivity contribution is 6.31. The minimum absolute atomic E-state index is 0.00343. The molecule has 6 nitrogen and oxygen atoms in total. The highest BCUT2D eigenvalue weighted by Crippen LogP contribution is 2.66. The maximum Gasteiger partial charge on any atom is 0.395 e. The van der Waals surface area contributed by atoms with Crippen LogP contribution in [0.15, 0.2) is 42.7 Å². The molecule has 2 atom stereocenters. The number of primary amides is 1. The zero-order chi connectivity index (χ0) is 25.1. The standard InChI is InChI=1S/C24H28ClF3N4O2/c1-32(2)18(10-15-5-6-16(22(29)34)11-20(15)25)14-31-21(33)12-19(17-4-3-9-30-13-17)23(7-8-23)24(26,27)28/h3-6,9,11,13,18-19H,7-8,10,12,14H2,1-2H3,(H2,29,34)(H,31,33)/t18-,19?/m0/s1. The number of nitrogens with zero attached hydrogens (tertiary/aromatic N) is 2. The summed E-state index contributed by atoms with van der Waals surface area (Å²) in [5, 5.41) is 3.18. The molecule has 3 rings (SSSR count). The first-order valence-corrected chi connectivity index (χ1v) is 11.3. The monoisotopic (exact) mass is 496 g/mol. The second-order valence-electron chi connectivity index (χ2n) is 8.99. The van der Waals surface area contributed by atoms with Crippen LogP contribution in [0.1, 0.15) is 46.7 Å². The van der Waals surface area contributed by atoms with Gasteiger partial charge in [-0.25, -0.2) is 0 Å². The molecule has 2 aromatic rings. The Morgan fingerprint density at radius 1 is 1.26 bits per heavy atom. The molecule has 184 valence electrons. The van der Waals surface area contributed by atoms with Gasteiger partial charge >= 0.3 is 6.18 Å². The van der Waals surface area contributed by atoms with Crippen molar-refractivity contribution in [1.29, 1.82) is 0 Å². The molecule has 0 spiro atoms. The summed E-state index contributed by atoms with van der Waals surface area (Å²) < 4.78 is 41.6. The predicted octanol–water partition coefficient (Wildman–Crippen LogP) is 3.94. The first kappa shape index (κ1) is 26.0. The van der Waals surface area contributed by atoms with Gasteiger partial charge in [-0.2, -0.15) is 13.2 Å². The highest BCUT2D eigenvalue weighted by Gasteiger charge is 2.67. The van der Waals surface area contributed by atoms with Crippen molar-refractivity contribution in [3.8, 4) is 0 Å². The van der Waals surface area contributed by atoms with Crippen LogP contribution in [0, 0.1) is 5.41 Å². The SMILES string of the molecule is CN(C)[C@H](CNC(=O)CC(c1cccnc1)C1(C(F)(F)F)CC1)Cc1ccc(C(N)=O)cc1Cl. The van der Waals surface area contributed by atoms with Gasteiger partial charge < -0.3 is 16.0 Å². The number of halogens is 4. The molecule has 0 bridgehead atoms. The van der Waals surface area contributed by atoms with Gasteiger partial charge in [-0.3, -0.25) is 14.6 Å². The summed E-state index contributed by atoms with van der Waals surface area (Å²) in [6.07, 6.45) is -1.30. The Balaban J connectivity index is 1.69. The lowest BCUT2D eigenvalue weighted by Gasteiger charge is -2.30. The number of pyridine rings is 1. The molecule has 0 radical (unpaired) electrons. The summed E-state index contributed by atoms with van der Waals surface area (Å²) in [4.78, 5) is 30.0. The predicted molar refractivity (Wildman–Crippen MR) is 123 cm³/mol. The molecule has 1 aliphatic carbocycles. The van der Waals surface area contributed by atoms with E-state index in [0.717, 1.165) is 5.56 Å². The molecule has 34 heavy (non-hydrogen) atoms. The quantitative estimate of drug-likeness (QED) is 0.521. The van der Waals surface area contributed by atoms with E-state index in [1.165, 1.54) is 18.5 Å². The van der Waals surface area contributed by atoms with Gasteiger partial charge in [-0.15, -0.1) is 0 Å². The van der Waals surface area contributed by atoms with Gasteiger partial charge in [0.25, 0.3) is 0 Å². The summed E-state index contributed by atoms with van der Waals surface area (Å²) in [6.45, 7) is 0.221. The van der Waals surface area contributed by atoms with Gasteiger partial charge in [-0.05, 0) is 62.7 Å². The van der Waals surface area contributed by atoms with E-state index in [1.54, 1.807) is 24.3 Å². The van der Waals surface area contributed by atoms with Crippen LogP contribution in [0.4, 0.5) is 13.2 Å². The van der Waals surface area contributed by atoms with E-state index in [2.05, 4.69) is 10.3 Å². The van der Waals surface area contributed by atoms with Crippen LogP contribution in [0.25, 0.3) is 0 Å². The lowest BCUT2D eigenvalue weighted by atomic mass is 9.80. The third-order valence-electron chi connectivity index (χ3n) is 6.55. The lowest BCUT2D eigenvalue weighted by Crippen LogP contribution is -2.42. The van der Waals surface area contributed by atoms with E-state index in [4.69, 9.17) is 17.3 Å². The first-order chi connectivity index (χ1) is 15.9. The molecular weight excluding hydrogens is 469 g/mol. The van der Waals surface area contributed by atoms with Crippen molar-refractivity contribution >= 4 is 23.4 Å². The second-order valence-corrected chi connectivity index (χ2v) is 9.40. The Morgan fingerprint density at radius 2 is 1.97 bits per heavy atom. The number of hydrogen-bond acceptors (Lipinski definition) is 4. The molecule has 0 aliphatic heterocycles. The number of amides is 2. The van der Waals surface area contributed by atoms with Crippen LogP contribution < -0.4 is 11.1 Å². The maximum atomic E-state index is 13.9. The fourth-order valence-electron chi connectivity index (χ4n) is 4.23. The average Bonchev–Trinajstić information content (AvgIpc) is 3.58. The Kier molecular flexibility index (Phi) is 7.88. The molecule has 1 aromatic heterocycles. The van der Waals surface area contributed by atoms with Gasteiger partial charge in [0.1, 0.15) is 0 Å². The first-order valence-electron chi connectivity index (χ1n) is 10.9. The number of nitrogens with two attached hydrogens (primary N) is 1. The topological polar surface area (TPSA) is 88.3 Å². The molecule has 1 heterocycles. The Morgan fingerprint density at radius 3 is 2.47 bits per heavy atom. The number of alkyl halides is 3. The van der Waals surface area contributed by atoms with Crippen molar-refractivity contribution in [2.24, 2.45) is 11.1 Å². The van der Waals surface area contributed by atoms with Crippen molar-refractivity contribution in [2.45, 2.75) is 43.8 Å². The Labute approximate surface area is 201 Å². The zero-order valence-electron chi connectivity index (χ0n) is 19.0. The summed E-state index contributed by atoms with van der Waals surface area (Å²) in [5.74, 6) is -2.03. The average molecular weight is 497 g/mol. The molecule has 1 saturated carbocycles. The molecule has 0 saturated heterocycles. The number of carbonyl (C=O) groups excluding carboxylic acids is 2. The fraction of sp³-hybridized carbons (Fsp3) is 0.458. The molecule has 1 fully saturated rings. The molecule has 1 aliphatic rings. The minimum atomic E-state index is -4.40. The van der Waals surface area contributed by atoms with Crippen molar-refractivity contribution in [1.82, 2.24) is 15.2 Å². The third-order valence-corrected chi connectivity index (χ3v) is 6.91. The number of rotatable bonds is 10. The summed E-state index contributed by atoms with van der Waals surface area (Å²) in [5.41, 5.74) is 4.87. The molecular formula is C24H28ClF3N4O2. The van der Waals surface area contributed by atoms with Crippen LogP contribution >= 0.6 is 11.6 Å². The summed E-state index contributed by atoms with van der Waals surface area (Å²) in [6, 6.07) is 7.79. The largest absolute Gasteiger partial charge is 0.395 e. The lowest BCUT2D eigenvalue weighted by molar-refractivity contribution is -0.194. The molecule has 1 aromatic carbocycles. The van der Waals surface area contributed by atoms with Gasteiger partial charge in [0.05, 0.1) is 5.41 Å². The number of nitrogens with one attached hydrogen (secondary N) is 1. The Bertz CT molecular complexity index is 1030. The molecule has 2 amide bonds. The van der Waals surface area contributed by atoms with E-state index in [-0.39, 0.29) is 31.8 Å². The zero-order valence-corrected chi connectivity index (χ0v) is 19.8. The van der Waals surface area contributed by atoms with Gasteiger partial charge in [-0.1, -0.05) is 23.7 Å². The van der Waals surface area contributed by atoms with Crippen molar-refractivity contribution in [3.63, 3.8) is 0 Å². The Hall–Kier alpha value is -2.65. The number of benzene rings is 1. The second kappa shape index (κ2) is 10.3. The molecule has 3 N–H and O–H groups in total. The number of aromatic nitrogens is 1. The van der Waals surface area contributed by atoms with Crippen molar-refractivity contribution < 1.29 is 22.8 Å². The van der Waals surface area contributed by atoms with E-state index in [1.807, 2.05) is 19.0 Å². The minimum Gasteiger partial charge on any atom is -0.366 e. The third kappa shape index (κ3) is 5.88.